The zero-order valence-electron chi connectivity index (χ0n) is 22.9. The van der Waals surface area contributed by atoms with E-state index in [4.69, 9.17) is 4.74 Å². The topological polar surface area (TPSA) is 116 Å². The maximum Gasteiger partial charge on any atom is 0.258 e. The molecule has 0 unspecified atom stereocenters. The summed E-state index contributed by atoms with van der Waals surface area (Å²) in [6, 6.07) is 12.7. The second-order valence-corrected chi connectivity index (χ2v) is 12.8. The van der Waals surface area contributed by atoms with Crippen molar-refractivity contribution >= 4 is 27.5 Å². The van der Waals surface area contributed by atoms with Gasteiger partial charge in [0, 0.05) is 31.1 Å². The first kappa shape index (κ1) is 29.0. The molecular weight excluding hydrogens is 518 g/mol. The quantitative estimate of drug-likeness (QED) is 0.511. The van der Waals surface area contributed by atoms with Gasteiger partial charge in [0.1, 0.15) is 11.9 Å². The van der Waals surface area contributed by atoms with E-state index in [-0.39, 0.29) is 53.8 Å². The lowest BCUT2D eigenvalue weighted by molar-refractivity contribution is -0.120. The minimum atomic E-state index is -3.75. The average Bonchev–Trinajstić information content (AvgIpc) is 2.95. The number of fused-ring (bicyclic) bond motifs is 1. The van der Waals surface area contributed by atoms with Crippen molar-refractivity contribution in [3.05, 3.63) is 54.1 Å². The number of rotatable bonds is 8. The van der Waals surface area contributed by atoms with Crippen molar-refractivity contribution in [3.63, 3.8) is 0 Å². The van der Waals surface area contributed by atoms with Gasteiger partial charge in [0.25, 0.3) is 5.91 Å². The standard InChI is InChI=1S/C29H39N3O6S/c1-20-17-32(21(2)19-33)29(35)25-16-23(30-28(34)22-10-6-4-7-11-22)14-15-26(25)38-27(20)18-31(3)39(36,37)24-12-8-5-9-13-24/h5,8-9,12-16,20-22,27,33H,4,6-7,10-11,17-19H2,1-3H3,(H,30,34)/t20-,21+,27+/m1/s1. The molecule has 1 heterocycles. The van der Waals surface area contributed by atoms with Gasteiger partial charge in [0.05, 0.1) is 29.7 Å². The van der Waals surface area contributed by atoms with E-state index in [0.29, 0.717) is 11.4 Å². The van der Waals surface area contributed by atoms with E-state index >= 15 is 0 Å². The van der Waals surface area contributed by atoms with Gasteiger partial charge in [-0.1, -0.05) is 44.4 Å². The first-order valence-corrected chi connectivity index (χ1v) is 15.1. The highest BCUT2D eigenvalue weighted by molar-refractivity contribution is 7.89. The summed E-state index contributed by atoms with van der Waals surface area (Å²) in [7, 11) is -2.24. The minimum absolute atomic E-state index is 0.0362. The Labute approximate surface area is 231 Å². The van der Waals surface area contributed by atoms with Gasteiger partial charge in [-0.05, 0) is 50.1 Å². The fourth-order valence-corrected chi connectivity index (χ4v) is 6.46. The van der Waals surface area contributed by atoms with E-state index in [1.54, 1.807) is 60.4 Å². The van der Waals surface area contributed by atoms with Crippen LogP contribution in [-0.4, -0.2) is 73.4 Å². The number of nitrogens with one attached hydrogen (secondary N) is 1. The van der Waals surface area contributed by atoms with E-state index in [1.807, 2.05) is 6.92 Å². The molecule has 10 heteroatoms. The van der Waals surface area contributed by atoms with E-state index in [1.165, 1.54) is 11.4 Å². The Balaban J connectivity index is 1.62. The number of hydrogen-bond acceptors (Lipinski definition) is 6. The highest BCUT2D eigenvalue weighted by atomic mass is 32.2. The van der Waals surface area contributed by atoms with Gasteiger partial charge < -0.3 is 20.1 Å². The molecule has 1 saturated carbocycles. The van der Waals surface area contributed by atoms with Crippen LogP contribution < -0.4 is 10.1 Å². The maximum atomic E-state index is 13.7. The number of anilines is 1. The lowest BCUT2D eigenvalue weighted by Gasteiger charge is -2.38. The second kappa shape index (κ2) is 12.5. The first-order valence-electron chi connectivity index (χ1n) is 13.7. The van der Waals surface area contributed by atoms with Gasteiger partial charge in [-0.2, -0.15) is 4.31 Å². The zero-order valence-corrected chi connectivity index (χ0v) is 23.7. The molecule has 2 aromatic rings. The highest BCUT2D eigenvalue weighted by Crippen LogP contribution is 2.32. The Morgan fingerprint density at radius 1 is 1.15 bits per heavy atom. The molecule has 1 aliphatic carbocycles. The van der Waals surface area contributed by atoms with Gasteiger partial charge in [0.15, 0.2) is 0 Å². The molecule has 0 spiro atoms. The van der Waals surface area contributed by atoms with Crippen LogP contribution in [0.3, 0.4) is 0 Å². The van der Waals surface area contributed by atoms with E-state index in [0.717, 1.165) is 32.1 Å². The fraction of sp³-hybridized carbons (Fsp3) is 0.517. The van der Waals surface area contributed by atoms with Gasteiger partial charge >= 0.3 is 0 Å². The van der Waals surface area contributed by atoms with Gasteiger partial charge in [-0.3, -0.25) is 9.59 Å². The molecule has 3 atom stereocenters. The Hall–Kier alpha value is -2.95. The van der Waals surface area contributed by atoms with Gasteiger partial charge in [-0.25, -0.2) is 8.42 Å². The van der Waals surface area contributed by atoms with Gasteiger partial charge in [-0.15, -0.1) is 0 Å². The third-order valence-electron chi connectivity index (χ3n) is 7.80. The van der Waals surface area contributed by atoms with Crippen LogP contribution in [0.4, 0.5) is 5.69 Å². The number of amides is 2. The predicted octanol–water partition coefficient (Wildman–Crippen LogP) is 3.75. The number of carbonyl (C=O) groups is 2. The summed E-state index contributed by atoms with van der Waals surface area (Å²) >= 11 is 0. The van der Waals surface area contributed by atoms with E-state index in [2.05, 4.69) is 5.32 Å². The first-order chi connectivity index (χ1) is 18.6. The second-order valence-electron chi connectivity index (χ2n) is 10.8. The highest BCUT2D eigenvalue weighted by Gasteiger charge is 2.35. The fourth-order valence-electron chi connectivity index (χ4n) is 5.25. The molecule has 0 aromatic heterocycles. The van der Waals surface area contributed by atoms with Crippen molar-refractivity contribution in [2.24, 2.45) is 11.8 Å². The smallest absolute Gasteiger partial charge is 0.258 e. The summed E-state index contributed by atoms with van der Waals surface area (Å²) < 4.78 is 34.0. The van der Waals surface area contributed by atoms with Crippen LogP contribution >= 0.6 is 0 Å². The molecule has 0 radical (unpaired) electrons. The maximum absolute atomic E-state index is 13.7. The molecular formula is C29H39N3O6S. The van der Waals surface area contributed by atoms with Gasteiger partial charge in [0.2, 0.25) is 15.9 Å². The number of aliphatic hydroxyl groups excluding tert-OH is 1. The summed E-state index contributed by atoms with van der Waals surface area (Å²) in [5, 5.41) is 12.9. The summed E-state index contributed by atoms with van der Waals surface area (Å²) in [6.45, 7) is 3.78. The summed E-state index contributed by atoms with van der Waals surface area (Å²) in [6.07, 6.45) is 4.37. The Kier molecular flexibility index (Phi) is 9.30. The number of benzene rings is 2. The van der Waals surface area contributed by atoms with Crippen LogP contribution in [0.15, 0.2) is 53.4 Å². The molecule has 0 bridgehead atoms. The van der Waals surface area contributed by atoms with Crippen LogP contribution in [0, 0.1) is 11.8 Å². The SMILES string of the molecule is C[C@@H]1CN([C@@H](C)CO)C(=O)c2cc(NC(=O)C3CCCCC3)ccc2O[C@H]1CN(C)S(=O)(=O)c1ccccc1. The summed E-state index contributed by atoms with van der Waals surface area (Å²) in [5.74, 6) is -0.321. The minimum Gasteiger partial charge on any atom is -0.488 e. The number of nitrogens with zero attached hydrogens (tertiary/aromatic N) is 2. The summed E-state index contributed by atoms with van der Waals surface area (Å²) in [5.41, 5.74) is 0.772. The van der Waals surface area contributed by atoms with Crippen LogP contribution in [0.5, 0.6) is 5.75 Å². The Morgan fingerprint density at radius 3 is 2.51 bits per heavy atom. The van der Waals surface area contributed by atoms with Crippen LogP contribution in [-0.2, 0) is 14.8 Å². The number of likely N-dealkylation sites (N-methyl/N-ethyl adjacent to an activating group) is 1. The number of sulfonamides is 1. The monoisotopic (exact) mass is 557 g/mol. The molecule has 0 saturated heterocycles. The molecule has 1 aliphatic heterocycles. The van der Waals surface area contributed by atoms with Crippen molar-refractivity contribution in [2.75, 3.05) is 32.1 Å². The number of carbonyl (C=O) groups excluding carboxylic acids is 2. The Morgan fingerprint density at radius 2 is 1.85 bits per heavy atom. The third kappa shape index (κ3) is 6.62. The lowest BCUT2D eigenvalue weighted by atomic mass is 9.88. The van der Waals surface area contributed by atoms with E-state index < -0.39 is 22.2 Å². The van der Waals surface area contributed by atoms with E-state index in [9.17, 15) is 23.1 Å². The number of hydrogen-bond donors (Lipinski definition) is 2. The van der Waals surface area contributed by atoms with Crippen LogP contribution in [0.2, 0.25) is 0 Å². The molecule has 2 N–H and O–H groups in total. The van der Waals surface area contributed by atoms with Crippen molar-refractivity contribution in [2.45, 2.75) is 63.0 Å². The van der Waals surface area contributed by atoms with Crippen LogP contribution in [0.1, 0.15) is 56.3 Å². The van der Waals surface area contributed by atoms with Crippen LogP contribution in [0.25, 0.3) is 0 Å². The van der Waals surface area contributed by atoms with Crippen molar-refractivity contribution < 1.29 is 27.9 Å². The normalized spacial score (nSPS) is 21.5. The lowest BCUT2D eigenvalue weighted by Crippen LogP contribution is -2.50. The average molecular weight is 558 g/mol. The zero-order chi connectivity index (χ0) is 28.2. The largest absolute Gasteiger partial charge is 0.488 e. The van der Waals surface area contributed by atoms with Crippen molar-refractivity contribution in [1.82, 2.24) is 9.21 Å². The van der Waals surface area contributed by atoms with Crippen molar-refractivity contribution in [1.29, 1.82) is 0 Å². The number of ether oxygens (including phenoxy) is 1. The predicted molar refractivity (Wildman–Crippen MR) is 149 cm³/mol. The van der Waals surface area contributed by atoms with Crippen molar-refractivity contribution in [3.8, 4) is 5.75 Å². The third-order valence-corrected chi connectivity index (χ3v) is 9.63. The molecule has 2 aliphatic rings. The summed E-state index contributed by atoms with van der Waals surface area (Å²) in [4.78, 5) is 28.3. The molecule has 39 heavy (non-hydrogen) atoms. The molecule has 1 fully saturated rings. The number of aliphatic hydroxyl groups is 1. The molecule has 9 nitrogen and oxygen atoms in total. The Bertz CT molecular complexity index is 1260. The molecule has 4 rings (SSSR count). The molecule has 2 aromatic carbocycles. The molecule has 2 amide bonds. The molecule has 212 valence electrons.